The van der Waals surface area contributed by atoms with E-state index < -0.39 is 0 Å². The molecule has 0 amide bonds. The van der Waals surface area contributed by atoms with E-state index in [2.05, 4.69) is 10.1 Å². The highest BCUT2D eigenvalue weighted by atomic mass is 17.6. The second kappa shape index (κ2) is 3.25. The Labute approximate surface area is 69.6 Å². The van der Waals surface area contributed by atoms with E-state index in [1.807, 2.05) is 0 Å². The molecule has 6 nitrogen and oxygen atoms in total. The SMILES string of the molecule is OOOOC1C[N+]12CCOCC2. The van der Waals surface area contributed by atoms with E-state index in [9.17, 15) is 0 Å². The van der Waals surface area contributed by atoms with Crippen LogP contribution in [-0.4, -0.2) is 48.8 Å². The van der Waals surface area contributed by atoms with Crippen LogP contribution in [0.4, 0.5) is 0 Å². The van der Waals surface area contributed by atoms with Gasteiger partial charge >= 0.3 is 0 Å². The van der Waals surface area contributed by atoms with E-state index in [0.29, 0.717) is 0 Å². The lowest BCUT2D eigenvalue weighted by Crippen LogP contribution is -2.41. The van der Waals surface area contributed by atoms with Crippen LogP contribution in [0.25, 0.3) is 0 Å². The molecule has 2 aliphatic rings. The monoisotopic (exact) mass is 178 g/mol. The molecule has 2 heterocycles. The first kappa shape index (κ1) is 8.36. The molecule has 1 spiro atoms. The van der Waals surface area contributed by atoms with Gasteiger partial charge in [0.1, 0.15) is 13.1 Å². The maximum absolute atomic E-state index is 7.85. The molecule has 0 saturated carbocycles. The number of morpholine rings is 1. The van der Waals surface area contributed by atoms with Crippen molar-refractivity contribution < 1.29 is 29.4 Å². The summed E-state index contributed by atoms with van der Waals surface area (Å²) in [6, 6.07) is 0. The molecule has 0 aromatic heterocycles. The summed E-state index contributed by atoms with van der Waals surface area (Å²) < 4.78 is 6.07. The highest BCUT2D eigenvalue weighted by Gasteiger charge is 2.58. The molecular weight excluding hydrogens is 166 g/mol. The van der Waals surface area contributed by atoms with E-state index in [4.69, 9.17) is 14.9 Å². The third-order valence-corrected chi connectivity index (χ3v) is 2.54. The summed E-state index contributed by atoms with van der Waals surface area (Å²) in [6.45, 7) is 4.32. The first-order valence-electron chi connectivity index (χ1n) is 3.94. The second-order valence-electron chi connectivity index (χ2n) is 3.15. The van der Waals surface area contributed by atoms with Gasteiger partial charge < -0.3 is 4.74 Å². The predicted molar refractivity (Wildman–Crippen MR) is 35.4 cm³/mol. The maximum atomic E-state index is 7.85. The molecular formula is C6H12NO5+. The van der Waals surface area contributed by atoms with Crippen LogP contribution >= 0.6 is 0 Å². The van der Waals surface area contributed by atoms with Crippen molar-refractivity contribution in [3.63, 3.8) is 0 Å². The van der Waals surface area contributed by atoms with Crippen molar-refractivity contribution in [1.82, 2.24) is 0 Å². The lowest BCUT2D eigenvalue weighted by Gasteiger charge is -2.23. The normalized spacial score (nSPS) is 32.2. The van der Waals surface area contributed by atoms with Gasteiger partial charge in [-0.15, -0.1) is 4.89 Å². The van der Waals surface area contributed by atoms with Crippen LogP contribution in [0, 0.1) is 0 Å². The zero-order chi connectivity index (χ0) is 8.44. The Balaban J connectivity index is 1.75. The summed E-state index contributed by atoms with van der Waals surface area (Å²) in [5, 5.41) is 15.2. The minimum absolute atomic E-state index is 0.000972. The van der Waals surface area contributed by atoms with Crippen LogP contribution in [0.15, 0.2) is 0 Å². The van der Waals surface area contributed by atoms with Crippen LogP contribution in [0.1, 0.15) is 0 Å². The lowest BCUT2D eigenvalue weighted by molar-refractivity contribution is -0.854. The van der Waals surface area contributed by atoms with E-state index in [0.717, 1.165) is 37.3 Å². The molecule has 1 N–H and O–H groups in total. The standard InChI is InChI=1S/C6H11NO5/c8-11-12-10-6-5-7(6)1-3-9-4-2-7/h6H,1-5H2/p+1. The number of hydrogen-bond acceptors (Lipinski definition) is 5. The molecule has 12 heavy (non-hydrogen) atoms. The molecule has 1 unspecified atom stereocenters. The van der Waals surface area contributed by atoms with Gasteiger partial charge in [0.25, 0.3) is 6.23 Å². The fourth-order valence-electron chi connectivity index (χ4n) is 1.63. The fraction of sp³-hybridized carbons (Fsp3) is 1.00. The van der Waals surface area contributed by atoms with Crippen molar-refractivity contribution >= 4 is 0 Å². The van der Waals surface area contributed by atoms with Gasteiger partial charge in [-0.25, -0.2) is 5.26 Å². The van der Waals surface area contributed by atoms with Crippen LogP contribution in [0.2, 0.25) is 0 Å². The minimum Gasteiger partial charge on any atom is -0.370 e. The zero-order valence-electron chi connectivity index (χ0n) is 6.64. The number of hydrogen-bond donors (Lipinski definition) is 1. The van der Waals surface area contributed by atoms with Crippen molar-refractivity contribution in [2.45, 2.75) is 6.23 Å². The average Bonchev–Trinajstić information content (AvgIpc) is 2.77. The van der Waals surface area contributed by atoms with Crippen LogP contribution in [-0.2, 0) is 19.7 Å². The maximum Gasteiger partial charge on any atom is 0.276 e. The molecule has 0 aliphatic carbocycles. The van der Waals surface area contributed by atoms with Gasteiger partial charge in [0.15, 0.2) is 6.54 Å². The molecule has 0 aromatic carbocycles. The summed E-state index contributed by atoms with van der Waals surface area (Å²) in [6.07, 6.45) is 0.000972. The molecule has 6 heteroatoms. The quantitative estimate of drug-likeness (QED) is 0.274. The van der Waals surface area contributed by atoms with E-state index in [1.165, 1.54) is 0 Å². The molecule has 0 bridgehead atoms. The molecule has 2 rings (SSSR count). The summed E-state index contributed by atoms with van der Waals surface area (Å²) in [7, 11) is 0. The highest BCUT2D eigenvalue weighted by Crippen LogP contribution is 2.32. The van der Waals surface area contributed by atoms with Gasteiger partial charge in [0.2, 0.25) is 0 Å². The van der Waals surface area contributed by atoms with Gasteiger partial charge in [-0.3, -0.25) is 4.48 Å². The Bertz CT molecular complexity index is 156. The summed E-state index contributed by atoms with van der Waals surface area (Å²) in [5.41, 5.74) is 0. The topological polar surface area (TPSA) is 57.2 Å². The van der Waals surface area contributed by atoms with Crippen LogP contribution in [0.3, 0.4) is 0 Å². The van der Waals surface area contributed by atoms with Crippen molar-refractivity contribution in [2.75, 3.05) is 32.8 Å². The zero-order valence-corrected chi connectivity index (χ0v) is 6.64. The highest BCUT2D eigenvalue weighted by molar-refractivity contribution is 4.66. The molecule has 2 saturated heterocycles. The summed E-state index contributed by atoms with van der Waals surface area (Å²) in [5.74, 6) is 0. The molecule has 2 fully saturated rings. The van der Waals surface area contributed by atoms with E-state index >= 15 is 0 Å². The Kier molecular flexibility index (Phi) is 2.26. The van der Waals surface area contributed by atoms with Crippen molar-refractivity contribution in [2.24, 2.45) is 0 Å². The molecule has 1 atom stereocenters. The van der Waals surface area contributed by atoms with Gasteiger partial charge in [0, 0.05) is 0 Å². The molecule has 2 aliphatic heterocycles. The molecule has 0 aromatic rings. The van der Waals surface area contributed by atoms with Gasteiger partial charge in [0.05, 0.1) is 13.2 Å². The fourth-order valence-corrected chi connectivity index (χ4v) is 1.63. The van der Waals surface area contributed by atoms with E-state index in [-0.39, 0.29) is 6.23 Å². The number of nitrogens with zero attached hydrogens (tertiary/aromatic N) is 1. The average molecular weight is 178 g/mol. The number of quaternary nitrogens is 1. The van der Waals surface area contributed by atoms with E-state index in [1.54, 1.807) is 0 Å². The van der Waals surface area contributed by atoms with Crippen molar-refractivity contribution in [3.8, 4) is 0 Å². The van der Waals surface area contributed by atoms with Gasteiger partial charge in [-0.05, 0) is 10.1 Å². The summed E-state index contributed by atoms with van der Waals surface area (Å²) in [4.78, 5) is 4.74. The Hall–Kier alpha value is -0.240. The van der Waals surface area contributed by atoms with Crippen molar-refractivity contribution in [3.05, 3.63) is 0 Å². The third kappa shape index (κ3) is 1.45. The minimum atomic E-state index is 0.000972. The Morgan fingerprint density at radius 3 is 2.75 bits per heavy atom. The lowest BCUT2D eigenvalue weighted by atomic mass is 10.5. The number of ether oxygens (including phenoxy) is 1. The van der Waals surface area contributed by atoms with Crippen LogP contribution < -0.4 is 0 Å². The Morgan fingerprint density at radius 1 is 1.33 bits per heavy atom. The largest absolute Gasteiger partial charge is 0.370 e. The number of rotatable bonds is 3. The van der Waals surface area contributed by atoms with Crippen LogP contribution in [0.5, 0.6) is 0 Å². The first-order chi connectivity index (χ1) is 5.87. The smallest absolute Gasteiger partial charge is 0.276 e. The predicted octanol–water partition coefficient (Wildman–Crippen LogP) is -0.474. The molecule has 0 radical (unpaired) electrons. The van der Waals surface area contributed by atoms with Gasteiger partial charge in [-0.1, -0.05) is 0 Å². The van der Waals surface area contributed by atoms with Gasteiger partial charge in [-0.2, -0.15) is 0 Å². The third-order valence-electron chi connectivity index (χ3n) is 2.54. The Morgan fingerprint density at radius 2 is 2.08 bits per heavy atom. The summed E-state index contributed by atoms with van der Waals surface area (Å²) >= 11 is 0. The molecule has 70 valence electrons. The second-order valence-corrected chi connectivity index (χ2v) is 3.15. The van der Waals surface area contributed by atoms with Crippen molar-refractivity contribution in [1.29, 1.82) is 0 Å². The first-order valence-corrected chi connectivity index (χ1v) is 3.94.